The van der Waals surface area contributed by atoms with Crippen LogP contribution in [0.1, 0.15) is 2.85 Å². The minimum atomic E-state index is -0.0198. The number of thioether (sulfide) groups is 1. The predicted octanol–water partition coefficient (Wildman–Crippen LogP) is -1.21. The molecule has 0 aromatic carbocycles. The Balaban J connectivity index is 0.00000131. The third-order valence-corrected chi connectivity index (χ3v) is 5.58. The van der Waals surface area contributed by atoms with E-state index in [1.165, 1.54) is 0 Å². The molecule has 0 aromatic rings. The summed E-state index contributed by atoms with van der Waals surface area (Å²) in [5.74, 6) is 1.77. The van der Waals surface area contributed by atoms with Crippen LogP contribution >= 0.6 is 11.8 Å². The van der Waals surface area contributed by atoms with Gasteiger partial charge in [0.05, 0.1) is 24.1 Å². The number of nitrogens with zero attached hydrogens (tertiary/aromatic N) is 3. The molecular formula is C15H27N8OS. The van der Waals surface area contributed by atoms with Crippen molar-refractivity contribution in [3.05, 3.63) is 28.8 Å². The average molecular weight is 368 g/mol. The van der Waals surface area contributed by atoms with Crippen molar-refractivity contribution in [2.24, 2.45) is 4.99 Å². The molecule has 9 nitrogen and oxygen atoms in total. The molecule has 4 aliphatic heterocycles. The fraction of sp³-hybridized carbons (Fsp3) is 0.533. The zero-order valence-electron chi connectivity index (χ0n) is 14.1. The fourth-order valence-corrected chi connectivity index (χ4v) is 4.09. The normalized spacial score (nSPS) is 27.0. The van der Waals surface area contributed by atoms with E-state index in [1.54, 1.807) is 18.1 Å². The molecule has 0 saturated carbocycles. The molecule has 139 valence electrons. The van der Waals surface area contributed by atoms with Crippen LogP contribution < -0.4 is 26.6 Å². The maximum atomic E-state index is 12.5. The number of amides is 1. The van der Waals surface area contributed by atoms with Crippen LogP contribution in [0.2, 0.25) is 0 Å². The molecule has 1 radical (unpaired) electrons. The highest BCUT2D eigenvalue weighted by Gasteiger charge is 2.30. The molecule has 2 fully saturated rings. The molecule has 0 aromatic heterocycles. The molecule has 1 unspecified atom stereocenters. The monoisotopic (exact) mass is 367 g/mol. The summed E-state index contributed by atoms with van der Waals surface area (Å²) in [4.78, 5) is 21.8. The zero-order valence-corrected chi connectivity index (χ0v) is 14.9. The smallest absolute Gasteiger partial charge is 0.259 e. The van der Waals surface area contributed by atoms with E-state index in [0.29, 0.717) is 13.2 Å². The first kappa shape index (κ1) is 16.7. The van der Waals surface area contributed by atoms with E-state index in [0.717, 1.165) is 48.0 Å². The van der Waals surface area contributed by atoms with Crippen molar-refractivity contribution in [2.75, 3.05) is 45.6 Å². The Kier molecular flexibility index (Phi) is 4.84. The number of fused-ring (bicyclic) bond motifs is 1. The van der Waals surface area contributed by atoms with Crippen molar-refractivity contribution in [1.29, 1.82) is 0 Å². The van der Waals surface area contributed by atoms with Crippen LogP contribution in [-0.4, -0.2) is 73.9 Å². The second kappa shape index (κ2) is 7.24. The Hall–Kier alpha value is -1.75. The lowest BCUT2D eigenvalue weighted by Gasteiger charge is -2.31. The molecule has 0 spiro atoms. The van der Waals surface area contributed by atoms with Crippen molar-refractivity contribution < 1.29 is 7.65 Å². The van der Waals surface area contributed by atoms with E-state index in [-0.39, 0.29) is 14.9 Å². The van der Waals surface area contributed by atoms with Crippen LogP contribution in [0.25, 0.3) is 0 Å². The van der Waals surface area contributed by atoms with Gasteiger partial charge in [-0.25, -0.2) is 4.99 Å². The molecule has 4 heterocycles. The number of hydrogen-bond acceptors (Lipinski definition) is 9. The van der Waals surface area contributed by atoms with Gasteiger partial charge in [-0.15, -0.1) is 11.8 Å². The molecule has 25 heavy (non-hydrogen) atoms. The van der Waals surface area contributed by atoms with Gasteiger partial charge in [0.1, 0.15) is 11.5 Å². The number of likely N-dealkylation sites (N-methyl/N-ethyl adjacent to an activating group) is 1. The number of carbonyl (C=O) groups excluding carboxylic acids is 1. The van der Waals surface area contributed by atoms with Gasteiger partial charge in [0.15, 0.2) is 0 Å². The van der Waals surface area contributed by atoms with Crippen molar-refractivity contribution in [3.8, 4) is 0 Å². The number of rotatable bonds is 4. The second-order valence-corrected chi connectivity index (χ2v) is 7.34. The van der Waals surface area contributed by atoms with E-state index < -0.39 is 0 Å². The SMILES string of the molecule is CN1CCNC1CNC(=O)C1=CN(C2=C3NCN[C]3N=CN2)CCS1.[HH].[HH]. The summed E-state index contributed by atoms with van der Waals surface area (Å²) in [5.41, 5.74) is 0.946. The maximum absolute atomic E-state index is 12.5. The van der Waals surface area contributed by atoms with Gasteiger partial charge in [-0.1, -0.05) is 0 Å². The Labute approximate surface area is 154 Å². The summed E-state index contributed by atoms with van der Waals surface area (Å²) in [5, 5.41) is 16.1. The van der Waals surface area contributed by atoms with E-state index in [9.17, 15) is 4.79 Å². The number of aliphatic imine (C=N–C) groups is 1. The van der Waals surface area contributed by atoms with Crippen LogP contribution in [0.15, 0.2) is 27.6 Å². The van der Waals surface area contributed by atoms with Gasteiger partial charge in [-0.2, -0.15) is 0 Å². The Morgan fingerprint density at radius 3 is 3.24 bits per heavy atom. The molecule has 2 saturated heterocycles. The highest BCUT2D eigenvalue weighted by atomic mass is 32.2. The van der Waals surface area contributed by atoms with Crippen LogP contribution in [0.4, 0.5) is 0 Å². The summed E-state index contributed by atoms with van der Waals surface area (Å²) < 4.78 is 0. The van der Waals surface area contributed by atoms with Gasteiger partial charge in [0.25, 0.3) is 5.91 Å². The number of nitrogens with one attached hydrogen (secondary N) is 5. The zero-order chi connectivity index (χ0) is 17.2. The topological polar surface area (TPSA) is 96.1 Å². The van der Waals surface area contributed by atoms with Gasteiger partial charge < -0.3 is 20.9 Å². The highest BCUT2D eigenvalue weighted by molar-refractivity contribution is 8.04. The van der Waals surface area contributed by atoms with Gasteiger partial charge in [0.2, 0.25) is 6.17 Å². The number of hydrogen-bond donors (Lipinski definition) is 5. The van der Waals surface area contributed by atoms with Crippen molar-refractivity contribution in [3.63, 3.8) is 0 Å². The molecule has 5 N–H and O–H groups in total. The summed E-state index contributed by atoms with van der Waals surface area (Å²) in [6.45, 7) is 4.08. The lowest BCUT2D eigenvalue weighted by Crippen LogP contribution is -2.44. The molecule has 1 amide bonds. The molecule has 0 bridgehead atoms. The molecule has 1 atom stereocenters. The highest BCUT2D eigenvalue weighted by Crippen LogP contribution is 2.27. The first-order chi connectivity index (χ1) is 12.2. The van der Waals surface area contributed by atoms with Crippen LogP contribution in [0.5, 0.6) is 0 Å². The maximum Gasteiger partial charge on any atom is 0.259 e. The van der Waals surface area contributed by atoms with Crippen LogP contribution in [0.3, 0.4) is 0 Å². The summed E-state index contributed by atoms with van der Waals surface area (Å²) in [6.07, 6.45) is 4.63. The van der Waals surface area contributed by atoms with E-state index >= 15 is 0 Å². The van der Waals surface area contributed by atoms with E-state index in [1.807, 2.05) is 6.20 Å². The Bertz CT molecular complexity index is 643. The van der Waals surface area contributed by atoms with E-state index in [2.05, 4.69) is 48.4 Å². The number of carbonyl (C=O) groups is 1. The summed E-state index contributed by atoms with van der Waals surface area (Å²) in [6, 6.07) is 0. The molecule has 10 heteroatoms. The summed E-state index contributed by atoms with van der Waals surface area (Å²) >= 11 is 1.59. The lowest BCUT2D eigenvalue weighted by atomic mass is 10.3. The van der Waals surface area contributed by atoms with Gasteiger partial charge in [0, 0.05) is 41.0 Å². The van der Waals surface area contributed by atoms with Crippen molar-refractivity contribution in [1.82, 2.24) is 36.4 Å². The third-order valence-electron chi connectivity index (χ3n) is 4.60. The molecule has 0 aliphatic carbocycles. The van der Waals surface area contributed by atoms with Crippen molar-refractivity contribution >= 4 is 24.0 Å². The second-order valence-electron chi connectivity index (χ2n) is 6.20. The van der Waals surface area contributed by atoms with Gasteiger partial charge in [-0.3, -0.25) is 20.3 Å². The first-order valence-corrected chi connectivity index (χ1v) is 9.42. The largest absolute Gasteiger partial charge is 0.370 e. The minimum Gasteiger partial charge on any atom is -0.370 e. The van der Waals surface area contributed by atoms with E-state index in [4.69, 9.17) is 0 Å². The Morgan fingerprint density at radius 2 is 2.40 bits per heavy atom. The standard InChI is InChI=1S/C15H23N8OS.2H2/c1-22-3-2-16-11(22)6-17-15(24)10-7-23(4-5-25-10)14-12-13(19-8-18-12)20-9-21-14;;/h7,9,11,16,18-19H,2-6,8H2,1H3,(H,17,24)(H,20,21);2*1H. The molecular weight excluding hydrogens is 340 g/mol. The third kappa shape index (κ3) is 3.47. The summed E-state index contributed by atoms with van der Waals surface area (Å²) in [7, 11) is 2.06. The first-order valence-electron chi connectivity index (χ1n) is 8.44. The van der Waals surface area contributed by atoms with Gasteiger partial charge in [-0.05, 0) is 7.05 Å². The van der Waals surface area contributed by atoms with Crippen molar-refractivity contribution in [2.45, 2.75) is 6.17 Å². The quantitative estimate of drug-likeness (QED) is 0.422. The minimum absolute atomic E-state index is 0. The van der Waals surface area contributed by atoms with Crippen LogP contribution in [-0.2, 0) is 4.79 Å². The fourth-order valence-electron chi connectivity index (χ4n) is 3.17. The molecule has 4 rings (SSSR count). The predicted molar refractivity (Wildman–Crippen MR) is 102 cm³/mol. The average Bonchev–Trinajstić information content (AvgIpc) is 3.28. The molecule has 4 aliphatic rings. The van der Waals surface area contributed by atoms with Crippen LogP contribution in [0, 0.1) is 6.17 Å². The van der Waals surface area contributed by atoms with Gasteiger partial charge >= 0.3 is 0 Å². The Morgan fingerprint density at radius 1 is 1.48 bits per heavy atom. The lowest BCUT2D eigenvalue weighted by molar-refractivity contribution is -0.117.